The molecule has 0 bridgehead atoms. The van der Waals surface area contributed by atoms with E-state index in [-0.39, 0.29) is 23.8 Å². The number of nitrogens with zero attached hydrogens (tertiary/aromatic N) is 1. The van der Waals surface area contributed by atoms with Crippen LogP contribution in [-0.4, -0.2) is 42.6 Å². The Bertz CT molecular complexity index is 1100. The normalized spacial score (nSPS) is 15.2. The summed E-state index contributed by atoms with van der Waals surface area (Å²) in [6, 6.07) is 5.78. The highest BCUT2D eigenvalue weighted by atomic mass is 79.9. The van der Waals surface area contributed by atoms with Crippen LogP contribution in [-0.2, 0) is 16.1 Å². The van der Waals surface area contributed by atoms with Crippen molar-refractivity contribution in [2.24, 2.45) is 0 Å². The molecule has 0 spiro atoms. The number of hydrogen-bond acceptors (Lipinski definition) is 7. The van der Waals surface area contributed by atoms with Crippen molar-refractivity contribution in [3.8, 4) is 11.5 Å². The number of ether oxygens (including phenoxy) is 3. The molecule has 170 valence electrons. The van der Waals surface area contributed by atoms with Crippen LogP contribution in [0.25, 0.3) is 6.08 Å². The maximum absolute atomic E-state index is 12.8. The molecule has 0 unspecified atom stereocenters. The first-order chi connectivity index (χ1) is 15.0. The van der Waals surface area contributed by atoms with Gasteiger partial charge >= 0.3 is 12.0 Å². The van der Waals surface area contributed by atoms with Gasteiger partial charge in [0, 0.05) is 0 Å². The lowest BCUT2D eigenvalue weighted by atomic mass is 10.1. The summed E-state index contributed by atoms with van der Waals surface area (Å²) >= 11 is 3.48. The summed E-state index contributed by atoms with van der Waals surface area (Å²) in [5, 5.41) is 2.55. The van der Waals surface area contributed by atoms with Crippen LogP contribution in [0, 0.1) is 0 Å². The number of benzene rings is 1. The predicted octanol–water partition coefficient (Wildman–Crippen LogP) is 4.11. The van der Waals surface area contributed by atoms with E-state index in [1.807, 2.05) is 20.8 Å². The van der Waals surface area contributed by atoms with E-state index in [9.17, 15) is 14.4 Å². The molecule has 1 N–H and O–H groups in total. The number of halogens is 1. The van der Waals surface area contributed by atoms with E-state index in [0.717, 1.165) is 4.90 Å². The molecule has 10 heteroatoms. The van der Waals surface area contributed by atoms with Crippen molar-refractivity contribution in [3.63, 3.8) is 0 Å². The average molecular weight is 507 g/mol. The molecular weight excluding hydrogens is 484 g/mol. The Balaban J connectivity index is 1.83. The molecule has 1 saturated heterocycles. The number of furan rings is 1. The second kappa shape index (κ2) is 9.07. The quantitative estimate of drug-likeness (QED) is 0.356. The zero-order chi connectivity index (χ0) is 23.6. The first-order valence-electron chi connectivity index (χ1n) is 9.60. The lowest BCUT2D eigenvalue weighted by molar-refractivity contribution is -0.123. The molecule has 3 rings (SSSR count). The molecule has 1 aliphatic heterocycles. The number of imide groups is 1. The van der Waals surface area contributed by atoms with Gasteiger partial charge in [0.25, 0.3) is 5.91 Å². The van der Waals surface area contributed by atoms with Crippen molar-refractivity contribution < 1.29 is 33.0 Å². The van der Waals surface area contributed by atoms with Crippen molar-refractivity contribution in [1.29, 1.82) is 0 Å². The van der Waals surface area contributed by atoms with Gasteiger partial charge < -0.3 is 23.9 Å². The zero-order valence-corrected chi connectivity index (χ0v) is 19.9. The van der Waals surface area contributed by atoms with E-state index in [1.165, 1.54) is 32.4 Å². The van der Waals surface area contributed by atoms with Gasteiger partial charge in [0.05, 0.1) is 25.2 Å². The molecule has 1 aromatic heterocycles. The van der Waals surface area contributed by atoms with Gasteiger partial charge in [-0.1, -0.05) is 0 Å². The Labute approximate surface area is 193 Å². The number of carbonyl (C=O) groups excluding carboxylic acids is 3. The highest BCUT2D eigenvalue weighted by Gasteiger charge is 2.34. The minimum atomic E-state index is -0.646. The highest BCUT2D eigenvalue weighted by Crippen LogP contribution is 2.39. The molecule has 32 heavy (non-hydrogen) atoms. The number of hydrogen-bond donors (Lipinski definition) is 1. The minimum absolute atomic E-state index is 0.0140. The maximum Gasteiger partial charge on any atom is 0.373 e. The number of methoxy groups -OCH3 is 2. The Morgan fingerprint density at radius 1 is 1.22 bits per heavy atom. The van der Waals surface area contributed by atoms with Crippen molar-refractivity contribution >= 4 is 39.9 Å². The summed E-state index contributed by atoms with van der Waals surface area (Å²) in [6.45, 7) is 5.63. The lowest BCUT2D eigenvalue weighted by Gasteiger charge is -2.24. The summed E-state index contributed by atoms with van der Waals surface area (Å²) in [7, 11) is 2.75. The SMILES string of the molecule is COC(=O)c1ccc(CN2C(=O)N/C(=C\c3cc(Br)c(OC(C)(C)C)c(OC)c3)C2=O)o1. The fourth-order valence-electron chi connectivity index (χ4n) is 2.94. The first-order valence-corrected chi connectivity index (χ1v) is 10.4. The van der Waals surface area contributed by atoms with Gasteiger partial charge in [-0.3, -0.25) is 9.69 Å². The Morgan fingerprint density at radius 3 is 2.56 bits per heavy atom. The van der Waals surface area contributed by atoms with E-state index in [4.69, 9.17) is 13.9 Å². The maximum atomic E-state index is 12.8. The molecule has 0 saturated carbocycles. The fourth-order valence-corrected chi connectivity index (χ4v) is 3.48. The van der Waals surface area contributed by atoms with Gasteiger partial charge in [0.15, 0.2) is 11.5 Å². The van der Waals surface area contributed by atoms with Crippen LogP contribution in [0.3, 0.4) is 0 Å². The molecular formula is C22H23BrN2O7. The van der Waals surface area contributed by atoms with Crippen LogP contribution in [0.5, 0.6) is 11.5 Å². The average Bonchev–Trinajstić information content (AvgIpc) is 3.29. The third-order valence-corrected chi connectivity index (χ3v) is 4.88. The Morgan fingerprint density at radius 2 is 1.94 bits per heavy atom. The topological polar surface area (TPSA) is 107 Å². The Kier molecular flexibility index (Phi) is 6.63. The standard InChI is InChI=1S/C22H23BrN2O7/c1-22(2,3)32-18-14(23)8-12(10-17(18)29-4)9-15-19(26)25(21(28)24-15)11-13-6-7-16(31-13)20(27)30-5/h6-10H,11H2,1-5H3,(H,24,28)/b15-9-. The highest BCUT2D eigenvalue weighted by molar-refractivity contribution is 9.10. The first kappa shape index (κ1) is 23.4. The number of carbonyl (C=O) groups is 3. The molecule has 1 fully saturated rings. The number of urea groups is 1. The van der Waals surface area contributed by atoms with Gasteiger partial charge in [-0.25, -0.2) is 9.59 Å². The molecule has 0 aliphatic carbocycles. The largest absolute Gasteiger partial charge is 0.493 e. The van der Waals surface area contributed by atoms with Crippen molar-refractivity contribution in [2.45, 2.75) is 32.9 Å². The fraction of sp³-hybridized carbons (Fsp3) is 0.318. The number of nitrogens with one attached hydrogen (secondary N) is 1. The van der Waals surface area contributed by atoms with Crippen LogP contribution in [0.1, 0.15) is 42.6 Å². The van der Waals surface area contributed by atoms with Gasteiger partial charge in [-0.05, 0) is 72.6 Å². The van der Waals surface area contributed by atoms with Gasteiger partial charge in [-0.2, -0.15) is 0 Å². The monoisotopic (exact) mass is 506 g/mol. The van der Waals surface area contributed by atoms with Crippen molar-refractivity contribution in [1.82, 2.24) is 10.2 Å². The van der Waals surface area contributed by atoms with Crippen molar-refractivity contribution in [3.05, 3.63) is 51.5 Å². The molecule has 9 nitrogen and oxygen atoms in total. The smallest absolute Gasteiger partial charge is 0.373 e. The van der Waals surface area contributed by atoms with Crippen LogP contribution in [0.2, 0.25) is 0 Å². The summed E-state index contributed by atoms with van der Waals surface area (Å²) in [5.74, 6) is 0.0807. The van der Waals surface area contributed by atoms with E-state index >= 15 is 0 Å². The molecule has 1 aromatic carbocycles. The van der Waals surface area contributed by atoms with Gasteiger partial charge in [0.2, 0.25) is 5.76 Å². The molecule has 3 amide bonds. The summed E-state index contributed by atoms with van der Waals surface area (Å²) in [5.41, 5.74) is 0.269. The van der Waals surface area contributed by atoms with Gasteiger partial charge in [-0.15, -0.1) is 0 Å². The second-order valence-electron chi connectivity index (χ2n) is 7.89. The van der Waals surface area contributed by atoms with Gasteiger partial charge in [0.1, 0.15) is 17.1 Å². The van der Waals surface area contributed by atoms with Crippen LogP contribution in [0.4, 0.5) is 4.79 Å². The summed E-state index contributed by atoms with van der Waals surface area (Å²) in [6.07, 6.45) is 1.54. The molecule has 1 aliphatic rings. The zero-order valence-electron chi connectivity index (χ0n) is 18.3. The van der Waals surface area contributed by atoms with E-state index in [0.29, 0.717) is 21.5 Å². The second-order valence-corrected chi connectivity index (χ2v) is 8.74. The summed E-state index contributed by atoms with van der Waals surface area (Å²) in [4.78, 5) is 37.6. The van der Waals surface area contributed by atoms with E-state index in [1.54, 1.807) is 12.1 Å². The van der Waals surface area contributed by atoms with Crippen LogP contribution < -0.4 is 14.8 Å². The third-order valence-electron chi connectivity index (χ3n) is 4.30. The minimum Gasteiger partial charge on any atom is -0.493 e. The van der Waals surface area contributed by atoms with E-state index < -0.39 is 23.5 Å². The van der Waals surface area contributed by atoms with Crippen LogP contribution >= 0.6 is 15.9 Å². The Hall–Kier alpha value is -3.27. The molecule has 2 heterocycles. The van der Waals surface area contributed by atoms with E-state index in [2.05, 4.69) is 26.0 Å². The molecule has 2 aromatic rings. The lowest BCUT2D eigenvalue weighted by Crippen LogP contribution is -2.30. The molecule has 0 atom stereocenters. The number of rotatable bonds is 6. The molecule has 0 radical (unpaired) electrons. The van der Waals surface area contributed by atoms with Crippen LogP contribution in [0.15, 0.2) is 38.9 Å². The number of esters is 1. The number of amides is 3. The summed E-state index contributed by atoms with van der Waals surface area (Å²) < 4.78 is 22.0. The van der Waals surface area contributed by atoms with Crippen molar-refractivity contribution in [2.75, 3.05) is 14.2 Å². The third kappa shape index (κ3) is 5.13. The predicted molar refractivity (Wildman–Crippen MR) is 118 cm³/mol.